The summed E-state index contributed by atoms with van der Waals surface area (Å²) in [7, 11) is 0. The average molecular weight is 419 g/mol. The van der Waals surface area contributed by atoms with Crippen molar-refractivity contribution in [3.8, 4) is 0 Å². The summed E-state index contributed by atoms with van der Waals surface area (Å²) >= 11 is 0. The van der Waals surface area contributed by atoms with Gasteiger partial charge in [0.25, 0.3) is 0 Å². The van der Waals surface area contributed by atoms with Gasteiger partial charge in [0, 0.05) is 6.61 Å². The second-order valence-electron chi connectivity index (χ2n) is 12.0. The number of aliphatic hydroxyl groups excluding tert-OH is 1. The third-order valence-corrected chi connectivity index (χ3v) is 10.6. The summed E-state index contributed by atoms with van der Waals surface area (Å²) in [6, 6.07) is 0. The molecular formula is C28H50O2. The fraction of sp³-hybridized carbons (Fsp3) is 0.929. The quantitative estimate of drug-likeness (QED) is 0.372. The predicted molar refractivity (Wildman–Crippen MR) is 127 cm³/mol. The molecule has 4 saturated carbocycles. The molecule has 5 unspecified atom stereocenters. The molecule has 0 spiro atoms. The second-order valence-corrected chi connectivity index (χ2v) is 12.0. The topological polar surface area (TPSA) is 29.5 Å². The van der Waals surface area contributed by atoms with Gasteiger partial charge >= 0.3 is 0 Å². The highest BCUT2D eigenvalue weighted by molar-refractivity contribution is 5.15. The summed E-state index contributed by atoms with van der Waals surface area (Å²) in [5.41, 5.74) is 0.722. The lowest BCUT2D eigenvalue weighted by molar-refractivity contribution is -0.195. The van der Waals surface area contributed by atoms with Gasteiger partial charge in [0.05, 0.1) is 11.7 Å². The molecular weight excluding hydrogens is 368 g/mol. The van der Waals surface area contributed by atoms with Crippen molar-refractivity contribution in [2.75, 3.05) is 6.61 Å². The molecule has 0 amide bonds. The number of ether oxygens (including phenoxy) is 1. The standard InChI is InChI=1S/C26H46O2.C2H4/c1-6-7-8-15-28-26(5)14-11-21-23-20(10-13-25(21,26)4)24(3)12-9-18(2)16-19(24)17-22(23)27;1-2/h18-23,27H,6-17H2,1-5H3;1-2H2/t18-,19?,20?,21?,22-,23?,24-,25-,26?;/m0./s1. The molecule has 4 rings (SSSR count). The van der Waals surface area contributed by atoms with Crippen LogP contribution in [0, 0.1) is 40.4 Å². The Bertz CT molecular complexity index is 575. The van der Waals surface area contributed by atoms with Crippen LogP contribution < -0.4 is 0 Å². The maximum Gasteiger partial charge on any atom is 0.0710 e. The molecule has 30 heavy (non-hydrogen) atoms. The Morgan fingerprint density at radius 2 is 1.63 bits per heavy atom. The molecule has 4 aliphatic rings. The lowest BCUT2D eigenvalue weighted by atomic mass is 9.43. The summed E-state index contributed by atoms with van der Waals surface area (Å²) in [5, 5.41) is 11.4. The molecule has 0 radical (unpaired) electrons. The third kappa shape index (κ3) is 3.83. The first-order valence-corrected chi connectivity index (χ1v) is 13.1. The third-order valence-electron chi connectivity index (χ3n) is 10.6. The van der Waals surface area contributed by atoms with E-state index in [0.29, 0.717) is 17.3 Å². The van der Waals surface area contributed by atoms with Gasteiger partial charge in [-0.2, -0.15) is 0 Å². The van der Waals surface area contributed by atoms with E-state index in [0.717, 1.165) is 30.8 Å². The van der Waals surface area contributed by atoms with Crippen LogP contribution in [0.5, 0.6) is 0 Å². The molecule has 4 fully saturated rings. The molecule has 9 atom stereocenters. The molecule has 174 valence electrons. The number of hydrogen-bond acceptors (Lipinski definition) is 2. The van der Waals surface area contributed by atoms with Crippen LogP contribution in [0.1, 0.15) is 105 Å². The minimum Gasteiger partial charge on any atom is -0.393 e. The Hall–Kier alpha value is -0.340. The minimum absolute atomic E-state index is 0.00886. The minimum atomic E-state index is -0.0829. The molecule has 0 aliphatic heterocycles. The molecule has 4 aliphatic carbocycles. The van der Waals surface area contributed by atoms with Crippen LogP contribution in [0.4, 0.5) is 0 Å². The number of fused-ring (bicyclic) bond motifs is 5. The summed E-state index contributed by atoms with van der Waals surface area (Å²) in [4.78, 5) is 0. The van der Waals surface area contributed by atoms with Crippen LogP contribution in [-0.4, -0.2) is 23.4 Å². The number of rotatable bonds is 5. The van der Waals surface area contributed by atoms with Gasteiger partial charge < -0.3 is 9.84 Å². The van der Waals surface area contributed by atoms with E-state index in [-0.39, 0.29) is 17.1 Å². The average Bonchev–Trinajstić information content (AvgIpc) is 2.99. The SMILES string of the molecule is C=C.CCCCCOC1(C)CCC2C3C(CC[C@@]21C)[C@@]1(C)CC[C@H](C)CC1C[C@@H]3O. The number of unbranched alkanes of at least 4 members (excludes halogenated alkanes) is 2. The first kappa shape index (κ1) is 24.3. The van der Waals surface area contributed by atoms with Crippen molar-refractivity contribution >= 4 is 0 Å². The van der Waals surface area contributed by atoms with Crippen LogP contribution in [0.15, 0.2) is 13.2 Å². The maximum atomic E-state index is 11.4. The molecule has 2 heteroatoms. The summed E-state index contributed by atoms with van der Waals surface area (Å²) in [6.45, 7) is 19.1. The molecule has 0 aromatic carbocycles. The highest BCUT2D eigenvalue weighted by Crippen LogP contribution is 2.69. The van der Waals surface area contributed by atoms with Gasteiger partial charge in [0.2, 0.25) is 0 Å². The largest absolute Gasteiger partial charge is 0.393 e. The van der Waals surface area contributed by atoms with Crippen molar-refractivity contribution in [3.63, 3.8) is 0 Å². The smallest absolute Gasteiger partial charge is 0.0710 e. The zero-order valence-corrected chi connectivity index (χ0v) is 20.7. The van der Waals surface area contributed by atoms with E-state index in [2.05, 4.69) is 47.8 Å². The predicted octanol–water partition coefficient (Wildman–Crippen LogP) is 7.40. The normalized spacial score (nSPS) is 49.9. The van der Waals surface area contributed by atoms with Crippen LogP contribution in [0.3, 0.4) is 0 Å². The molecule has 0 aromatic heterocycles. The van der Waals surface area contributed by atoms with Gasteiger partial charge in [-0.15, -0.1) is 13.2 Å². The fourth-order valence-corrected chi connectivity index (χ4v) is 8.55. The van der Waals surface area contributed by atoms with Crippen molar-refractivity contribution in [1.29, 1.82) is 0 Å². The lowest BCUT2D eigenvalue weighted by Gasteiger charge is -2.63. The van der Waals surface area contributed by atoms with Crippen molar-refractivity contribution in [3.05, 3.63) is 13.2 Å². The maximum absolute atomic E-state index is 11.4. The van der Waals surface area contributed by atoms with E-state index in [1.165, 1.54) is 64.2 Å². The van der Waals surface area contributed by atoms with Gasteiger partial charge in [-0.05, 0) is 98.7 Å². The van der Waals surface area contributed by atoms with Crippen molar-refractivity contribution < 1.29 is 9.84 Å². The van der Waals surface area contributed by atoms with Crippen LogP contribution in [0.2, 0.25) is 0 Å². The van der Waals surface area contributed by atoms with E-state index in [1.54, 1.807) is 0 Å². The van der Waals surface area contributed by atoms with Crippen molar-refractivity contribution in [2.24, 2.45) is 40.4 Å². The van der Waals surface area contributed by atoms with Crippen LogP contribution in [0.25, 0.3) is 0 Å². The molecule has 0 saturated heterocycles. The first-order chi connectivity index (χ1) is 14.2. The first-order valence-electron chi connectivity index (χ1n) is 13.1. The van der Waals surface area contributed by atoms with Gasteiger partial charge in [0.15, 0.2) is 0 Å². The number of hydrogen-bond donors (Lipinski definition) is 1. The molecule has 2 nitrogen and oxygen atoms in total. The zero-order valence-electron chi connectivity index (χ0n) is 20.7. The molecule has 1 N–H and O–H groups in total. The summed E-state index contributed by atoms with van der Waals surface area (Å²) in [6.07, 6.45) is 13.9. The van der Waals surface area contributed by atoms with Crippen LogP contribution >= 0.6 is 0 Å². The lowest BCUT2D eigenvalue weighted by Crippen LogP contribution is -2.60. The Morgan fingerprint density at radius 3 is 2.33 bits per heavy atom. The van der Waals surface area contributed by atoms with E-state index in [1.807, 2.05) is 0 Å². The molecule has 0 aromatic rings. The van der Waals surface area contributed by atoms with Gasteiger partial charge in [0.1, 0.15) is 0 Å². The monoisotopic (exact) mass is 418 g/mol. The molecule has 0 bridgehead atoms. The van der Waals surface area contributed by atoms with E-state index in [4.69, 9.17) is 4.74 Å². The Balaban J connectivity index is 0.00000124. The highest BCUT2D eigenvalue weighted by atomic mass is 16.5. The van der Waals surface area contributed by atoms with Gasteiger partial charge in [-0.25, -0.2) is 0 Å². The van der Waals surface area contributed by atoms with Gasteiger partial charge in [-0.1, -0.05) is 47.0 Å². The van der Waals surface area contributed by atoms with Crippen molar-refractivity contribution in [1.82, 2.24) is 0 Å². The van der Waals surface area contributed by atoms with Crippen LogP contribution in [-0.2, 0) is 4.74 Å². The van der Waals surface area contributed by atoms with E-state index < -0.39 is 0 Å². The highest BCUT2D eigenvalue weighted by Gasteiger charge is 2.65. The summed E-state index contributed by atoms with van der Waals surface area (Å²) < 4.78 is 6.64. The van der Waals surface area contributed by atoms with Gasteiger partial charge in [-0.3, -0.25) is 0 Å². The van der Waals surface area contributed by atoms with E-state index >= 15 is 0 Å². The number of aliphatic hydroxyl groups is 1. The van der Waals surface area contributed by atoms with E-state index in [9.17, 15) is 5.11 Å². The Morgan fingerprint density at radius 1 is 0.933 bits per heavy atom. The Kier molecular flexibility index (Phi) is 7.50. The molecule has 0 heterocycles. The summed E-state index contributed by atoms with van der Waals surface area (Å²) in [5.74, 6) is 3.48. The zero-order chi connectivity index (χ0) is 22.2. The second kappa shape index (κ2) is 9.26. The Labute approximate surface area is 187 Å². The fourth-order valence-electron chi connectivity index (χ4n) is 8.55. The van der Waals surface area contributed by atoms with Crippen molar-refractivity contribution in [2.45, 2.75) is 117 Å².